The first-order chi connectivity index (χ1) is 14.7. The Kier molecular flexibility index (Phi) is 5.17. The lowest BCUT2D eigenvalue weighted by Gasteiger charge is -2.32. The van der Waals surface area contributed by atoms with Crippen molar-refractivity contribution in [2.24, 2.45) is 0 Å². The minimum atomic E-state index is -0.101. The lowest BCUT2D eigenvalue weighted by molar-refractivity contribution is 0.339. The summed E-state index contributed by atoms with van der Waals surface area (Å²) in [6.45, 7) is 0. The molecule has 5 rings (SSSR count). The van der Waals surface area contributed by atoms with E-state index >= 15 is 0 Å². The smallest absolute Gasteiger partial charge is 0.174 e. The molecule has 0 spiro atoms. The molecule has 1 aliphatic carbocycles. The van der Waals surface area contributed by atoms with Crippen molar-refractivity contribution in [3.8, 4) is 5.75 Å². The van der Waals surface area contributed by atoms with Crippen LogP contribution in [0.25, 0.3) is 0 Å². The summed E-state index contributed by atoms with van der Waals surface area (Å²) in [4.78, 5) is 6.68. The molecule has 3 aromatic rings. The van der Waals surface area contributed by atoms with E-state index in [1.165, 1.54) is 37.8 Å². The SMILES string of the molecule is Oc1ccccc1N1C(=S)N[C@@H](c2ccccn2)[C@@H]1c1cccn1C1CCCCC1. The average molecular weight is 419 g/mol. The van der Waals surface area contributed by atoms with Gasteiger partial charge in [-0.1, -0.05) is 37.5 Å². The zero-order chi connectivity index (χ0) is 20.5. The minimum Gasteiger partial charge on any atom is -0.506 e. The van der Waals surface area contributed by atoms with Crippen LogP contribution in [0.2, 0.25) is 0 Å². The highest BCUT2D eigenvalue weighted by molar-refractivity contribution is 7.80. The van der Waals surface area contributed by atoms with Crippen LogP contribution in [0.1, 0.15) is 61.6 Å². The Morgan fingerprint density at radius 3 is 2.53 bits per heavy atom. The van der Waals surface area contributed by atoms with E-state index in [4.69, 9.17) is 12.2 Å². The molecule has 0 unspecified atom stereocenters. The highest BCUT2D eigenvalue weighted by atomic mass is 32.1. The predicted molar refractivity (Wildman–Crippen MR) is 123 cm³/mol. The predicted octanol–water partition coefficient (Wildman–Crippen LogP) is 5.27. The third-order valence-electron chi connectivity index (χ3n) is 6.32. The second-order valence-corrected chi connectivity index (χ2v) is 8.50. The number of phenols is 1. The largest absolute Gasteiger partial charge is 0.506 e. The van der Waals surface area contributed by atoms with Gasteiger partial charge in [-0.3, -0.25) is 4.98 Å². The zero-order valence-corrected chi connectivity index (χ0v) is 17.6. The number of rotatable bonds is 4. The van der Waals surface area contributed by atoms with Crippen molar-refractivity contribution in [3.05, 3.63) is 78.4 Å². The van der Waals surface area contributed by atoms with Crippen molar-refractivity contribution in [3.63, 3.8) is 0 Å². The third-order valence-corrected chi connectivity index (χ3v) is 6.64. The van der Waals surface area contributed by atoms with E-state index in [-0.39, 0.29) is 17.8 Å². The monoisotopic (exact) mass is 418 g/mol. The lowest BCUT2D eigenvalue weighted by atomic mass is 9.94. The van der Waals surface area contributed by atoms with E-state index in [0.29, 0.717) is 11.2 Å². The van der Waals surface area contributed by atoms with E-state index in [1.54, 1.807) is 6.07 Å². The van der Waals surface area contributed by atoms with Crippen molar-refractivity contribution in [1.29, 1.82) is 0 Å². The van der Waals surface area contributed by atoms with E-state index in [2.05, 4.69) is 38.1 Å². The summed E-state index contributed by atoms with van der Waals surface area (Å²) in [5, 5.41) is 14.7. The van der Waals surface area contributed by atoms with Gasteiger partial charge in [0.2, 0.25) is 0 Å². The van der Waals surface area contributed by atoms with E-state index in [9.17, 15) is 5.11 Å². The summed E-state index contributed by atoms with van der Waals surface area (Å²) >= 11 is 5.78. The second kappa shape index (κ2) is 8.11. The lowest BCUT2D eigenvalue weighted by Crippen LogP contribution is -2.31. The normalized spacial score (nSPS) is 22.3. The van der Waals surface area contributed by atoms with Crippen molar-refractivity contribution >= 4 is 23.0 Å². The molecule has 2 atom stereocenters. The standard InChI is InChI=1S/C24H26N4OS/c29-21-14-5-4-12-19(21)28-23(22(26-24(28)30)18-11-6-7-15-25-18)20-13-8-16-27(20)17-9-2-1-3-10-17/h4-8,11-17,22-23,29H,1-3,9-10H2,(H,26,30)/t22-,23-/m0/s1. The number of thiocarbonyl (C=S) groups is 1. The van der Waals surface area contributed by atoms with Gasteiger partial charge in [-0.25, -0.2) is 0 Å². The van der Waals surface area contributed by atoms with Gasteiger partial charge < -0.3 is 19.9 Å². The number of phenolic OH excluding ortho intramolecular Hbond substituents is 1. The number of aromatic nitrogens is 2. The molecule has 0 bridgehead atoms. The molecule has 0 radical (unpaired) electrons. The van der Waals surface area contributed by atoms with Crippen LogP contribution >= 0.6 is 12.2 Å². The summed E-state index contributed by atoms with van der Waals surface area (Å²) in [5.74, 6) is 0.226. The summed E-state index contributed by atoms with van der Waals surface area (Å²) in [7, 11) is 0. The average Bonchev–Trinajstić information content (AvgIpc) is 3.40. The van der Waals surface area contributed by atoms with Gasteiger partial charge in [-0.05, 0) is 61.5 Å². The fourth-order valence-electron chi connectivity index (χ4n) is 4.93. The highest BCUT2D eigenvalue weighted by Gasteiger charge is 2.43. The zero-order valence-electron chi connectivity index (χ0n) is 16.8. The molecule has 2 fully saturated rings. The summed E-state index contributed by atoms with van der Waals surface area (Å²) < 4.78 is 2.43. The Balaban J connectivity index is 1.63. The van der Waals surface area contributed by atoms with Gasteiger partial charge in [-0.2, -0.15) is 0 Å². The molecule has 1 aromatic carbocycles. The van der Waals surface area contributed by atoms with Gasteiger partial charge in [0.15, 0.2) is 5.11 Å². The Morgan fingerprint density at radius 2 is 1.77 bits per heavy atom. The highest BCUT2D eigenvalue weighted by Crippen LogP contribution is 2.45. The molecule has 3 heterocycles. The van der Waals surface area contributed by atoms with Gasteiger partial charge in [0.05, 0.1) is 17.4 Å². The maximum atomic E-state index is 10.6. The number of benzene rings is 1. The molecule has 1 saturated carbocycles. The Hall–Kier alpha value is -2.86. The summed E-state index contributed by atoms with van der Waals surface area (Å²) in [6.07, 6.45) is 10.3. The Labute approximate surface area is 182 Å². The Bertz CT molecular complexity index is 1030. The van der Waals surface area contributed by atoms with Gasteiger partial charge in [-0.15, -0.1) is 0 Å². The van der Waals surface area contributed by atoms with Gasteiger partial charge in [0, 0.05) is 24.1 Å². The maximum absolute atomic E-state index is 10.6. The molecule has 1 aliphatic heterocycles. The van der Waals surface area contributed by atoms with E-state index in [1.807, 2.05) is 42.6 Å². The Morgan fingerprint density at radius 1 is 0.967 bits per heavy atom. The maximum Gasteiger partial charge on any atom is 0.174 e. The first kappa shape index (κ1) is 19.1. The third kappa shape index (κ3) is 3.35. The molecule has 30 heavy (non-hydrogen) atoms. The topological polar surface area (TPSA) is 53.3 Å². The van der Waals surface area contributed by atoms with Crippen LogP contribution in [-0.4, -0.2) is 19.8 Å². The van der Waals surface area contributed by atoms with Crippen molar-refractivity contribution in [2.45, 2.75) is 50.2 Å². The van der Waals surface area contributed by atoms with E-state index < -0.39 is 0 Å². The van der Waals surface area contributed by atoms with Crippen LogP contribution < -0.4 is 10.2 Å². The van der Waals surface area contributed by atoms with E-state index in [0.717, 1.165) is 11.4 Å². The molecule has 0 amide bonds. The van der Waals surface area contributed by atoms with Crippen LogP contribution in [0.4, 0.5) is 5.69 Å². The molecular weight excluding hydrogens is 392 g/mol. The van der Waals surface area contributed by atoms with Crippen LogP contribution in [0.15, 0.2) is 67.0 Å². The number of nitrogens with one attached hydrogen (secondary N) is 1. The van der Waals surface area contributed by atoms with Crippen molar-refractivity contribution in [2.75, 3.05) is 4.90 Å². The van der Waals surface area contributed by atoms with Gasteiger partial charge in [0.1, 0.15) is 11.8 Å². The number of hydrogen-bond acceptors (Lipinski definition) is 3. The minimum absolute atomic E-state index is 0.0994. The van der Waals surface area contributed by atoms with Crippen molar-refractivity contribution in [1.82, 2.24) is 14.9 Å². The molecule has 2 aliphatic rings. The molecule has 2 aromatic heterocycles. The fourth-order valence-corrected chi connectivity index (χ4v) is 5.27. The number of aromatic hydroxyl groups is 1. The number of nitrogens with zero attached hydrogens (tertiary/aromatic N) is 3. The molecular formula is C24H26N4OS. The van der Waals surface area contributed by atoms with Crippen LogP contribution in [0.3, 0.4) is 0 Å². The summed E-state index contributed by atoms with van der Waals surface area (Å²) in [6, 6.07) is 18.0. The first-order valence-corrected chi connectivity index (χ1v) is 11.1. The molecule has 6 heteroatoms. The number of para-hydroxylation sites is 2. The first-order valence-electron chi connectivity index (χ1n) is 10.7. The van der Waals surface area contributed by atoms with Crippen LogP contribution in [-0.2, 0) is 0 Å². The number of pyridine rings is 1. The summed E-state index contributed by atoms with van der Waals surface area (Å²) in [5.41, 5.74) is 2.86. The van der Waals surface area contributed by atoms with Crippen molar-refractivity contribution < 1.29 is 5.11 Å². The van der Waals surface area contributed by atoms with Crippen LogP contribution in [0, 0.1) is 0 Å². The second-order valence-electron chi connectivity index (χ2n) is 8.12. The van der Waals surface area contributed by atoms with Gasteiger partial charge in [0.25, 0.3) is 0 Å². The molecule has 2 N–H and O–H groups in total. The number of anilines is 1. The van der Waals surface area contributed by atoms with Crippen LogP contribution in [0.5, 0.6) is 5.75 Å². The number of hydrogen-bond donors (Lipinski definition) is 2. The molecule has 1 saturated heterocycles. The fraction of sp³-hybridized carbons (Fsp3) is 0.333. The van der Waals surface area contributed by atoms with Gasteiger partial charge >= 0.3 is 0 Å². The molecule has 154 valence electrons. The quantitative estimate of drug-likeness (QED) is 0.565. The molecule has 5 nitrogen and oxygen atoms in total.